The molecule has 2 N–H and O–H groups in total. The van der Waals surface area contributed by atoms with Gasteiger partial charge in [-0.15, -0.1) is 0 Å². The van der Waals surface area contributed by atoms with Crippen LogP contribution in [0.4, 0.5) is 10.1 Å². The highest BCUT2D eigenvalue weighted by molar-refractivity contribution is 9.10. The molecule has 0 saturated heterocycles. The van der Waals surface area contributed by atoms with Crippen molar-refractivity contribution in [1.29, 1.82) is 0 Å². The number of benzene rings is 1. The van der Waals surface area contributed by atoms with Crippen molar-refractivity contribution in [1.82, 2.24) is 0 Å². The molecule has 0 spiro atoms. The van der Waals surface area contributed by atoms with Gasteiger partial charge >= 0.3 is 0 Å². The van der Waals surface area contributed by atoms with Crippen molar-refractivity contribution in [3.05, 3.63) is 51.1 Å². The minimum absolute atomic E-state index is 0.0680. The smallest absolute Gasteiger partial charge is 0.229 e. The van der Waals surface area contributed by atoms with Gasteiger partial charge in [0.1, 0.15) is 11.6 Å². The summed E-state index contributed by atoms with van der Waals surface area (Å²) >= 11 is 3.15. The molecule has 0 atom stereocenters. The molecule has 0 aliphatic rings. The molecule has 0 unspecified atom stereocenters. The largest absolute Gasteiger partial charge is 0.458 e. The van der Waals surface area contributed by atoms with Gasteiger partial charge in [-0.05, 0) is 53.5 Å². The number of carbonyl (C=O) groups excluding carboxylic acids is 1. The molecule has 94 valence electrons. The van der Waals surface area contributed by atoms with Crippen molar-refractivity contribution in [2.75, 3.05) is 5.73 Å². The van der Waals surface area contributed by atoms with Crippen molar-refractivity contribution in [3.8, 4) is 0 Å². The van der Waals surface area contributed by atoms with Crippen molar-refractivity contribution in [2.24, 2.45) is 0 Å². The van der Waals surface area contributed by atoms with Crippen LogP contribution in [0.15, 0.2) is 27.1 Å². The lowest BCUT2D eigenvalue weighted by atomic mass is 10.1. The van der Waals surface area contributed by atoms with Gasteiger partial charge in [0.05, 0.1) is 5.69 Å². The second-order valence-electron chi connectivity index (χ2n) is 4.03. The molecule has 0 fully saturated rings. The molecule has 1 aromatic heterocycles. The number of hydrogen-bond acceptors (Lipinski definition) is 3. The Morgan fingerprint density at radius 3 is 2.56 bits per heavy atom. The molecule has 3 nitrogen and oxygen atoms in total. The Labute approximate surface area is 112 Å². The van der Waals surface area contributed by atoms with Crippen LogP contribution in [0.25, 0.3) is 0 Å². The van der Waals surface area contributed by atoms with Gasteiger partial charge in [-0.2, -0.15) is 0 Å². The number of nitrogen functional groups attached to an aromatic ring is 1. The third-order valence-corrected chi connectivity index (χ3v) is 3.38. The summed E-state index contributed by atoms with van der Waals surface area (Å²) in [7, 11) is 0. The summed E-state index contributed by atoms with van der Waals surface area (Å²) in [6, 6.07) is 4.13. The zero-order valence-electron chi connectivity index (χ0n) is 9.88. The lowest BCUT2D eigenvalue weighted by Gasteiger charge is -2.04. The lowest BCUT2D eigenvalue weighted by Crippen LogP contribution is -2.03. The number of ketones is 1. The first-order chi connectivity index (χ1) is 8.40. The summed E-state index contributed by atoms with van der Waals surface area (Å²) in [5.41, 5.74) is 6.57. The SMILES string of the molecule is Cc1cc(C(=O)c2cc(N)c(F)cc2Br)oc1C. The third kappa shape index (κ3) is 2.18. The van der Waals surface area contributed by atoms with Crippen LogP contribution in [0.2, 0.25) is 0 Å². The Hall–Kier alpha value is -1.62. The van der Waals surface area contributed by atoms with E-state index in [2.05, 4.69) is 15.9 Å². The number of nitrogens with two attached hydrogens (primary N) is 1. The van der Waals surface area contributed by atoms with Crippen LogP contribution in [0.1, 0.15) is 27.4 Å². The average molecular weight is 312 g/mol. The standard InChI is InChI=1S/C13H11BrFNO2/c1-6-3-12(18-7(6)2)13(17)8-4-11(16)10(15)5-9(8)14/h3-5H,16H2,1-2H3. The minimum Gasteiger partial charge on any atom is -0.458 e. The predicted octanol–water partition coefficient (Wildman–Crippen LogP) is 3.61. The van der Waals surface area contributed by atoms with E-state index < -0.39 is 5.82 Å². The lowest BCUT2D eigenvalue weighted by molar-refractivity contribution is 0.101. The Balaban J connectivity index is 2.49. The molecule has 0 aliphatic carbocycles. The van der Waals surface area contributed by atoms with E-state index in [1.54, 1.807) is 13.0 Å². The summed E-state index contributed by atoms with van der Waals surface area (Å²) in [6.45, 7) is 3.63. The van der Waals surface area contributed by atoms with Crippen LogP contribution in [0.3, 0.4) is 0 Å². The monoisotopic (exact) mass is 311 g/mol. The van der Waals surface area contributed by atoms with Gasteiger partial charge in [-0.25, -0.2) is 4.39 Å². The molecule has 0 radical (unpaired) electrons. The number of carbonyl (C=O) groups is 1. The molecule has 5 heteroatoms. The number of hydrogen-bond donors (Lipinski definition) is 1. The molecule has 1 aromatic carbocycles. The fourth-order valence-electron chi connectivity index (χ4n) is 1.56. The summed E-state index contributed by atoms with van der Waals surface area (Å²) in [5.74, 6) is 0.0104. The Morgan fingerprint density at radius 2 is 2.00 bits per heavy atom. The van der Waals surface area contributed by atoms with E-state index in [4.69, 9.17) is 10.2 Å². The number of halogens is 2. The highest BCUT2D eigenvalue weighted by Crippen LogP contribution is 2.26. The van der Waals surface area contributed by atoms with Crippen LogP contribution in [-0.4, -0.2) is 5.78 Å². The summed E-state index contributed by atoms with van der Waals surface area (Å²) in [4.78, 5) is 12.2. The first-order valence-corrected chi connectivity index (χ1v) is 6.05. The van der Waals surface area contributed by atoms with Gasteiger partial charge in [-0.1, -0.05) is 0 Å². The summed E-state index contributed by atoms with van der Waals surface area (Å²) in [6.07, 6.45) is 0. The molecular weight excluding hydrogens is 301 g/mol. The van der Waals surface area contributed by atoms with Gasteiger partial charge in [-0.3, -0.25) is 4.79 Å². The number of anilines is 1. The topological polar surface area (TPSA) is 56.2 Å². The quantitative estimate of drug-likeness (QED) is 0.681. The van der Waals surface area contributed by atoms with Crippen molar-refractivity contribution < 1.29 is 13.6 Å². The van der Waals surface area contributed by atoms with Crippen LogP contribution in [-0.2, 0) is 0 Å². The van der Waals surface area contributed by atoms with Crippen molar-refractivity contribution in [2.45, 2.75) is 13.8 Å². The maximum absolute atomic E-state index is 13.2. The normalized spacial score (nSPS) is 10.7. The van der Waals surface area contributed by atoms with E-state index in [9.17, 15) is 9.18 Å². The first-order valence-electron chi connectivity index (χ1n) is 5.26. The fraction of sp³-hybridized carbons (Fsp3) is 0.154. The maximum atomic E-state index is 13.2. The minimum atomic E-state index is -0.565. The molecule has 0 aliphatic heterocycles. The summed E-state index contributed by atoms with van der Waals surface area (Å²) in [5, 5.41) is 0. The molecular formula is C13H11BrFNO2. The fourth-order valence-corrected chi connectivity index (χ4v) is 2.05. The van der Waals surface area contributed by atoms with Crippen LogP contribution in [0.5, 0.6) is 0 Å². The van der Waals surface area contributed by atoms with Crippen LogP contribution >= 0.6 is 15.9 Å². The number of furan rings is 1. The number of rotatable bonds is 2. The van der Waals surface area contributed by atoms with Gasteiger partial charge in [0, 0.05) is 10.0 Å². The molecule has 0 amide bonds. The second kappa shape index (κ2) is 4.57. The maximum Gasteiger partial charge on any atom is 0.229 e. The van der Waals surface area contributed by atoms with E-state index in [0.717, 1.165) is 5.56 Å². The van der Waals surface area contributed by atoms with E-state index in [-0.39, 0.29) is 22.8 Å². The van der Waals surface area contributed by atoms with E-state index in [0.29, 0.717) is 10.2 Å². The molecule has 2 aromatic rings. The van der Waals surface area contributed by atoms with Crippen molar-refractivity contribution in [3.63, 3.8) is 0 Å². The molecule has 1 heterocycles. The first kappa shape index (κ1) is 12.8. The Bertz CT molecular complexity index is 615. The van der Waals surface area contributed by atoms with Crippen molar-refractivity contribution >= 4 is 27.4 Å². The second-order valence-corrected chi connectivity index (χ2v) is 4.89. The molecule has 0 bridgehead atoms. The molecule has 18 heavy (non-hydrogen) atoms. The van der Waals surface area contributed by atoms with E-state index >= 15 is 0 Å². The number of aryl methyl sites for hydroxylation is 2. The van der Waals surface area contributed by atoms with E-state index in [1.807, 2.05) is 6.92 Å². The predicted molar refractivity (Wildman–Crippen MR) is 70.1 cm³/mol. The highest BCUT2D eigenvalue weighted by Gasteiger charge is 2.19. The van der Waals surface area contributed by atoms with Crippen LogP contribution in [0, 0.1) is 19.7 Å². The van der Waals surface area contributed by atoms with Gasteiger partial charge < -0.3 is 10.2 Å². The van der Waals surface area contributed by atoms with Gasteiger partial charge in [0.2, 0.25) is 5.78 Å². The van der Waals surface area contributed by atoms with Crippen LogP contribution < -0.4 is 5.73 Å². The Morgan fingerprint density at radius 1 is 1.33 bits per heavy atom. The van der Waals surface area contributed by atoms with Gasteiger partial charge in [0.25, 0.3) is 0 Å². The third-order valence-electron chi connectivity index (χ3n) is 2.72. The zero-order valence-corrected chi connectivity index (χ0v) is 11.5. The molecule has 2 rings (SSSR count). The highest BCUT2D eigenvalue weighted by atomic mass is 79.9. The summed E-state index contributed by atoms with van der Waals surface area (Å²) < 4.78 is 18.9. The molecule has 0 saturated carbocycles. The average Bonchev–Trinajstić information content (AvgIpc) is 2.63. The Kier molecular flexibility index (Phi) is 3.26. The zero-order chi connectivity index (χ0) is 13.4. The van der Waals surface area contributed by atoms with Gasteiger partial charge in [0.15, 0.2) is 5.76 Å². The van der Waals surface area contributed by atoms with E-state index in [1.165, 1.54) is 12.1 Å².